The molecule has 0 aromatic heterocycles. The van der Waals surface area contributed by atoms with Crippen molar-refractivity contribution < 1.29 is 9.53 Å². The van der Waals surface area contributed by atoms with Gasteiger partial charge in [0.2, 0.25) is 0 Å². The van der Waals surface area contributed by atoms with E-state index in [4.69, 9.17) is 4.74 Å². The first-order chi connectivity index (χ1) is 11.4. The Morgan fingerprint density at radius 3 is 2.12 bits per heavy atom. The summed E-state index contributed by atoms with van der Waals surface area (Å²) < 4.78 is 5.70. The number of nitrogens with one attached hydrogen (secondary N) is 1. The molecule has 1 saturated carbocycles. The highest BCUT2D eigenvalue weighted by atomic mass is 16.5. The number of anilines is 1. The monoisotopic (exact) mass is 343 g/mol. The van der Waals surface area contributed by atoms with Gasteiger partial charge in [0.25, 0.3) is 0 Å². The predicted octanol–water partition coefficient (Wildman–Crippen LogP) is 3.79. The quantitative estimate of drug-likeness (QED) is 0.827. The molecule has 1 aromatic carbocycles. The van der Waals surface area contributed by atoms with Crippen LogP contribution in [0.3, 0.4) is 0 Å². The smallest absolute Gasteiger partial charge is 0.190 e. The molecule has 2 rings (SSSR count). The van der Waals surface area contributed by atoms with Crippen LogP contribution in [-0.2, 0) is 20.4 Å². The predicted molar refractivity (Wildman–Crippen MR) is 108 cm³/mol. The summed E-state index contributed by atoms with van der Waals surface area (Å²) in [5.74, 6) is 0. The van der Waals surface area contributed by atoms with Crippen molar-refractivity contribution in [3.8, 4) is 0 Å². The molecule has 0 bridgehead atoms. The maximum absolute atomic E-state index is 11.1. The lowest BCUT2D eigenvalue weighted by Gasteiger charge is -2.27. The number of carbonyl (C=O) groups excluding carboxylic acids is 1. The molecule has 1 N–H and O–H groups in total. The van der Waals surface area contributed by atoms with Crippen LogP contribution in [0.4, 0.5) is 5.69 Å². The van der Waals surface area contributed by atoms with Crippen LogP contribution in [0.2, 0.25) is 0 Å². The molecule has 1 aliphatic carbocycles. The van der Waals surface area contributed by atoms with Crippen LogP contribution in [0.1, 0.15) is 71.9 Å². The fourth-order valence-corrected chi connectivity index (χ4v) is 3.27. The first-order valence-electron chi connectivity index (χ1n) is 9.49. The summed E-state index contributed by atoms with van der Waals surface area (Å²) in [4.78, 5) is 11.1. The van der Waals surface area contributed by atoms with Crippen molar-refractivity contribution in [2.75, 3.05) is 11.9 Å². The van der Waals surface area contributed by atoms with Gasteiger partial charge in [-0.15, -0.1) is 0 Å². The van der Waals surface area contributed by atoms with E-state index in [1.165, 1.54) is 16.8 Å². The van der Waals surface area contributed by atoms with Crippen molar-refractivity contribution in [3.05, 3.63) is 29.3 Å². The van der Waals surface area contributed by atoms with Gasteiger partial charge in [0.15, 0.2) is 7.85 Å². The lowest BCUT2D eigenvalue weighted by Crippen LogP contribution is -2.21. The Labute approximate surface area is 154 Å². The fraction of sp³-hybridized carbons (Fsp3) is 0.667. The maximum atomic E-state index is 11.1. The molecular weight excluding hydrogens is 309 g/mol. The Balaban J connectivity index is 2.12. The zero-order valence-electron chi connectivity index (χ0n) is 17.0. The van der Waals surface area contributed by atoms with Crippen LogP contribution in [0.15, 0.2) is 18.2 Å². The molecule has 4 heteroatoms. The average molecular weight is 343 g/mol. The van der Waals surface area contributed by atoms with Crippen LogP contribution in [0, 0.1) is 0 Å². The van der Waals surface area contributed by atoms with Crippen LogP contribution in [0.5, 0.6) is 0 Å². The molecule has 138 valence electrons. The first kappa shape index (κ1) is 20.0. The molecule has 1 aliphatic rings. The normalized spacial score (nSPS) is 21.4. The molecular formula is C21H34BNO2. The highest BCUT2D eigenvalue weighted by Crippen LogP contribution is 2.33. The fourth-order valence-electron chi connectivity index (χ4n) is 3.27. The molecule has 2 atom stereocenters. The summed E-state index contributed by atoms with van der Waals surface area (Å²) in [5.41, 5.74) is 4.29. The minimum absolute atomic E-state index is 0.101. The van der Waals surface area contributed by atoms with E-state index < -0.39 is 0 Å². The Hall–Kier alpha value is -1.29. The topological polar surface area (TPSA) is 38.3 Å². The van der Waals surface area contributed by atoms with E-state index in [2.05, 4.69) is 65.1 Å². The SMILES string of the molecule is BC(=O)COC1CCC(Nc2cc(C(C)(C)C)cc(C(C)(C)C)c2)C1. The van der Waals surface area contributed by atoms with Crippen LogP contribution in [0.25, 0.3) is 0 Å². The zero-order valence-corrected chi connectivity index (χ0v) is 17.0. The second-order valence-corrected chi connectivity index (χ2v) is 9.59. The van der Waals surface area contributed by atoms with Gasteiger partial charge in [-0.2, -0.15) is 0 Å². The summed E-state index contributed by atoms with van der Waals surface area (Å²) in [5, 5.41) is 3.72. The molecule has 0 amide bonds. The van der Waals surface area contributed by atoms with E-state index >= 15 is 0 Å². The Morgan fingerprint density at radius 1 is 1.08 bits per heavy atom. The molecule has 2 unspecified atom stereocenters. The van der Waals surface area contributed by atoms with Crippen LogP contribution >= 0.6 is 0 Å². The van der Waals surface area contributed by atoms with Crippen molar-refractivity contribution in [2.45, 2.75) is 83.8 Å². The minimum atomic E-state index is 0.101. The minimum Gasteiger partial charge on any atom is -0.382 e. The number of rotatable bonds is 5. The molecule has 3 nitrogen and oxygen atoms in total. The third-order valence-electron chi connectivity index (χ3n) is 4.94. The van der Waals surface area contributed by atoms with Crippen molar-refractivity contribution in [3.63, 3.8) is 0 Å². The number of benzene rings is 1. The van der Waals surface area contributed by atoms with E-state index in [-0.39, 0.29) is 29.2 Å². The van der Waals surface area contributed by atoms with E-state index in [9.17, 15) is 4.79 Å². The van der Waals surface area contributed by atoms with Crippen LogP contribution in [-0.4, -0.2) is 32.3 Å². The number of hydrogen-bond acceptors (Lipinski definition) is 3. The Morgan fingerprint density at radius 2 is 1.64 bits per heavy atom. The van der Waals surface area contributed by atoms with Gasteiger partial charge in [-0.25, -0.2) is 0 Å². The lowest BCUT2D eigenvalue weighted by molar-refractivity contribution is -0.117. The largest absolute Gasteiger partial charge is 0.382 e. The van der Waals surface area contributed by atoms with Gasteiger partial charge in [0, 0.05) is 11.7 Å². The Kier molecular flexibility index (Phi) is 6.03. The van der Waals surface area contributed by atoms with Gasteiger partial charge in [-0.05, 0) is 53.4 Å². The molecule has 0 spiro atoms. The van der Waals surface area contributed by atoms with E-state index in [0.29, 0.717) is 6.04 Å². The summed E-state index contributed by atoms with van der Waals surface area (Å²) in [6, 6.07) is 7.34. The van der Waals surface area contributed by atoms with E-state index in [0.717, 1.165) is 19.3 Å². The summed E-state index contributed by atoms with van der Waals surface area (Å²) in [6.45, 7) is 13.8. The van der Waals surface area contributed by atoms with Crippen molar-refractivity contribution in [2.24, 2.45) is 0 Å². The third kappa shape index (κ3) is 5.88. The highest BCUT2D eigenvalue weighted by Gasteiger charge is 2.26. The van der Waals surface area contributed by atoms with Gasteiger partial charge >= 0.3 is 0 Å². The highest BCUT2D eigenvalue weighted by molar-refractivity contribution is 6.58. The summed E-state index contributed by atoms with van der Waals surface area (Å²) >= 11 is 0. The molecule has 0 heterocycles. The van der Waals surface area contributed by atoms with Gasteiger partial charge in [0.05, 0.1) is 12.7 Å². The van der Waals surface area contributed by atoms with Gasteiger partial charge in [-0.3, -0.25) is 0 Å². The molecule has 1 aromatic rings. The lowest BCUT2D eigenvalue weighted by atomic mass is 9.80. The number of ether oxygens (including phenoxy) is 1. The summed E-state index contributed by atoms with van der Waals surface area (Å²) in [6.07, 6.45) is 3.29. The van der Waals surface area contributed by atoms with Gasteiger partial charge in [0.1, 0.15) is 5.68 Å². The number of hydrogen-bond donors (Lipinski definition) is 1. The first-order valence-corrected chi connectivity index (χ1v) is 9.49. The molecule has 0 aliphatic heterocycles. The zero-order chi connectivity index (χ0) is 18.8. The summed E-state index contributed by atoms with van der Waals surface area (Å²) in [7, 11) is 1.58. The third-order valence-corrected chi connectivity index (χ3v) is 4.94. The van der Waals surface area contributed by atoms with E-state index in [1.807, 2.05) is 0 Å². The van der Waals surface area contributed by atoms with Crippen molar-refractivity contribution in [1.82, 2.24) is 0 Å². The average Bonchev–Trinajstić information content (AvgIpc) is 2.90. The van der Waals surface area contributed by atoms with Crippen molar-refractivity contribution in [1.29, 1.82) is 0 Å². The van der Waals surface area contributed by atoms with E-state index in [1.54, 1.807) is 7.85 Å². The molecule has 25 heavy (non-hydrogen) atoms. The Bertz CT molecular complexity index is 581. The van der Waals surface area contributed by atoms with Crippen molar-refractivity contribution >= 4 is 19.2 Å². The second kappa shape index (κ2) is 7.53. The maximum Gasteiger partial charge on any atom is 0.190 e. The molecule has 0 saturated heterocycles. The second-order valence-electron chi connectivity index (χ2n) is 9.59. The van der Waals surface area contributed by atoms with Gasteiger partial charge < -0.3 is 14.8 Å². The standard InChI is InChI=1S/C21H34BNO2/c1-20(2,3)14-9-15(21(4,5)6)11-17(10-14)23-16-7-8-18(12-16)25-13-19(22)24/h9-11,16,18,23H,7-8,12-13,22H2,1-6H3. The molecule has 1 fully saturated rings. The number of carbonyl (C=O) groups is 1. The van der Waals surface area contributed by atoms with Crippen LogP contribution < -0.4 is 5.32 Å². The molecule has 0 radical (unpaired) electrons. The van der Waals surface area contributed by atoms with Gasteiger partial charge in [-0.1, -0.05) is 47.6 Å².